The minimum absolute atomic E-state index is 0.0312. The van der Waals surface area contributed by atoms with Crippen molar-refractivity contribution in [1.29, 1.82) is 0 Å². The third kappa shape index (κ3) is 2.80. The Hall–Kier alpha value is -1.94. The lowest BCUT2D eigenvalue weighted by Crippen LogP contribution is -2.45. The van der Waals surface area contributed by atoms with E-state index in [1.807, 2.05) is 0 Å². The standard InChI is InChI=1S/C14H16F3N5O2/c15-14(16,17)10-5-11(22-12(21-10)18-8-19-22)20-9-1-3-24-13(6-9)2-4-23-7-13/h5,8-9,20H,1-4,6-7H2. The monoisotopic (exact) mass is 343 g/mol. The summed E-state index contributed by atoms with van der Waals surface area (Å²) in [5.41, 5.74) is -1.33. The zero-order chi connectivity index (χ0) is 16.8. The van der Waals surface area contributed by atoms with Crippen molar-refractivity contribution in [3.8, 4) is 0 Å². The van der Waals surface area contributed by atoms with E-state index < -0.39 is 11.9 Å². The van der Waals surface area contributed by atoms with Gasteiger partial charge in [0.1, 0.15) is 12.1 Å². The van der Waals surface area contributed by atoms with Crippen molar-refractivity contribution in [1.82, 2.24) is 19.6 Å². The van der Waals surface area contributed by atoms with Gasteiger partial charge in [-0.15, -0.1) is 0 Å². The Morgan fingerprint density at radius 1 is 1.33 bits per heavy atom. The maximum Gasteiger partial charge on any atom is 0.433 e. The van der Waals surface area contributed by atoms with E-state index in [4.69, 9.17) is 9.47 Å². The molecule has 0 aliphatic carbocycles. The molecule has 0 radical (unpaired) electrons. The minimum atomic E-state index is -4.54. The van der Waals surface area contributed by atoms with E-state index in [1.165, 1.54) is 10.8 Å². The fourth-order valence-electron chi connectivity index (χ4n) is 3.28. The number of halogens is 3. The molecule has 2 saturated heterocycles. The molecule has 130 valence electrons. The van der Waals surface area contributed by atoms with Gasteiger partial charge in [0.05, 0.1) is 12.2 Å². The molecule has 2 aromatic heterocycles. The molecule has 1 spiro atoms. The largest absolute Gasteiger partial charge is 0.433 e. The molecular formula is C14H16F3N5O2. The van der Waals surface area contributed by atoms with Crippen LogP contribution in [0.3, 0.4) is 0 Å². The average Bonchev–Trinajstić information content (AvgIpc) is 3.16. The van der Waals surface area contributed by atoms with Gasteiger partial charge in [0.15, 0.2) is 5.69 Å². The molecule has 1 N–H and O–H groups in total. The molecule has 10 heteroatoms. The van der Waals surface area contributed by atoms with Crippen molar-refractivity contribution in [2.45, 2.75) is 37.1 Å². The van der Waals surface area contributed by atoms with Crippen LogP contribution in [0.5, 0.6) is 0 Å². The number of fused-ring (bicyclic) bond motifs is 1. The van der Waals surface area contributed by atoms with Crippen molar-refractivity contribution >= 4 is 11.6 Å². The van der Waals surface area contributed by atoms with Crippen LogP contribution in [0.2, 0.25) is 0 Å². The second-order valence-electron chi connectivity index (χ2n) is 6.16. The van der Waals surface area contributed by atoms with Gasteiger partial charge >= 0.3 is 6.18 Å². The number of nitrogens with zero attached hydrogens (tertiary/aromatic N) is 4. The lowest BCUT2D eigenvalue weighted by Gasteiger charge is -2.37. The summed E-state index contributed by atoms with van der Waals surface area (Å²) in [4.78, 5) is 7.28. The maximum atomic E-state index is 13.0. The number of hydrogen-bond acceptors (Lipinski definition) is 6. The highest BCUT2D eigenvalue weighted by atomic mass is 19.4. The zero-order valence-electron chi connectivity index (χ0n) is 12.7. The first-order valence-electron chi connectivity index (χ1n) is 7.71. The molecule has 0 bridgehead atoms. The molecule has 4 heterocycles. The molecule has 2 aliphatic heterocycles. The van der Waals surface area contributed by atoms with E-state index >= 15 is 0 Å². The van der Waals surface area contributed by atoms with E-state index in [2.05, 4.69) is 20.4 Å². The van der Waals surface area contributed by atoms with Crippen LogP contribution >= 0.6 is 0 Å². The normalized spacial score (nSPS) is 27.9. The predicted molar refractivity (Wildman–Crippen MR) is 76.5 cm³/mol. The lowest BCUT2D eigenvalue weighted by molar-refractivity contribution is -0.141. The Morgan fingerprint density at radius 3 is 2.96 bits per heavy atom. The van der Waals surface area contributed by atoms with E-state index in [0.29, 0.717) is 32.7 Å². The zero-order valence-corrected chi connectivity index (χ0v) is 12.7. The fourth-order valence-corrected chi connectivity index (χ4v) is 3.28. The van der Waals surface area contributed by atoms with Gasteiger partial charge in [0.25, 0.3) is 5.78 Å². The molecule has 2 fully saturated rings. The molecule has 0 saturated carbocycles. The fraction of sp³-hybridized carbons (Fsp3) is 0.643. The van der Waals surface area contributed by atoms with E-state index in [9.17, 15) is 13.2 Å². The highest BCUT2D eigenvalue weighted by Crippen LogP contribution is 2.35. The Morgan fingerprint density at radius 2 is 2.21 bits per heavy atom. The Balaban J connectivity index is 1.62. The van der Waals surface area contributed by atoms with Gasteiger partial charge in [-0.05, 0) is 12.8 Å². The summed E-state index contributed by atoms with van der Waals surface area (Å²) in [5.74, 6) is 0.143. The number of ether oxygens (including phenoxy) is 2. The lowest BCUT2D eigenvalue weighted by atomic mass is 9.90. The van der Waals surface area contributed by atoms with Crippen LogP contribution < -0.4 is 5.32 Å². The van der Waals surface area contributed by atoms with Gasteiger partial charge < -0.3 is 14.8 Å². The average molecular weight is 343 g/mol. The van der Waals surface area contributed by atoms with Crippen LogP contribution in [-0.2, 0) is 15.7 Å². The molecule has 7 nitrogen and oxygen atoms in total. The molecule has 4 rings (SSSR count). The first-order chi connectivity index (χ1) is 11.5. The number of anilines is 1. The van der Waals surface area contributed by atoms with Crippen molar-refractivity contribution in [3.05, 3.63) is 18.1 Å². The summed E-state index contributed by atoms with van der Waals surface area (Å²) in [6, 6.07) is 0.936. The summed E-state index contributed by atoms with van der Waals surface area (Å²) in [5, 5.41) is 7.11. The second-order valence-corrected chi connectivity index (χ2v) is 6.16. The van der Waals surface area contributed by atoms with Gasteiger partial charge in [0.2, 0.25) is 0 Å². The molecule has 2 aromatic rings. The quantitative estimate of drug-likeness (QED) is 0.898. The van der Waals surface area contributed by atoms with Gasteiger partial charge in [-0.3, -0.25) is 0 Å². The summed E-state index contributed by atoms with van der Waals surface area (Å²) < 4.78 is 51.7. The summed E-state index contributed by atoms with van der Waals surface area (Å²) >= 11 is 0. The van der Waals surface area contributed by atoms with Gasteiger partial charge in [-0.2, -0.15) is 27.8 Å². The van der Waals surface area contributed by atoms with Crippen molar-refractivity contribution in [2.24, 2.45) is 0 Å². The minimum Gasteiger partial charge on any atom is -0.378 e. The van der Waals surface area contributed by atoms with Gasteiger partial charge in [-0.1, -0.05) is 0 Å². The second kappa shape index (κ2) is 5.55. The van der Waals surface area contributed by atoms with Crippen LogP contribution in [0.1, 0.15) is 25.0 Å². The van der Waals surface area contributed by atoms with Crippen molar-refractivity contribution in [3.63, 3.8) is 0 Å². The highest BCUT2D eigenvalue weighted by molar-refractivity contribution is 5.46. The van der Waals surface area contributed by atoms with Gasteiger partial charge in [-0.25, -0.2) is 4.98 Å². The number of alkyl halides is 3. The molecule has 24 heavy (non-hydrogen) atoms. The third-order valence-electron chi connectivity index (χ3n) is 4.45. The van der Waals surface area contributed by atoms with Crippen LogP contribution in [0, 0.1) is 0 Å². The molecule has 2 atom stereocenters. The summed E-state index contributed by atoms with van der Waals surface area (Å²) in [7, 11) is 0. The van der Waals surface area contributed by atoms with E-state index in [-0.39, 0.29) is 23.2 Å². The molecule has 2 aliphatic rings. The maximum absolute atomic E-state index is 13.0. The van der Waals surface area contributed by atoms with Crippen LogP contribution in [0.15, 0.2) is 12.4 Å². The molecule has 0 amide bonds. The Bertz CT molecular complexity index is 742. The first-order valence-corrected chi connectivity index (χ1v) is 7.71. The SMILES string of the molecule is FC(F)(F)c1cc(NC2CCOC3(CCOC3)C2)n2ncnc2n1. The Labute approximate surface area is 135 Å². The molecule has 2 unspecified atom stereocenters. The third-order valence-corrected chi connectivity index (χ3v) is 4.45. The predicted octanol–water partition coefficient (Wildman–Crippen LogP) is 1.89. The number of aromatic nitrogens is 4. The van der Waals surface area contributed by atoms with Gasteiger partial charge in [0, 0.05) is 31.7 Å². The first kappa shape index (κ1) is 15.6. The Kier molecular flexibility index (Phi) is 3.61. The number of hydrogen-bond donors (Lipinski definition) is 1. The number of rotatable bonds is 2. The van der Waals surface area contributed by atoms with E-state index in [1.54, 1.807) is 0 Å². The summed E-state index contributed by atoms with van der Waals surface area (Å²) in [6.07, 6.45) is -1.19. The molecular weight excluding hydrogens is 327 g/mol. The topological polar surface area (TPSA) is 73.6 Å². The van der Waals surface area contributed by atoms with Crippen molar-refractivity contribution in [2.75, 3.05) is 25.1 Å². The van der Waals surface area contributed by atoms with Crippen LogP contribution in [-0.4, -0.2) is 51.0 Å². The van der Waals surface area contributed by atoms with Crippen LogP contribution in [0.25, 0.3) is 5.78 Å². The summed E-state index contributed by atoms with van der Waals surface area (Å²) in [6.45, 7) is 1.71. The van der Waals surface area contributed by atoms with Crippen molar-refractivity contribution < 1.29 is 22.6 Å². The smallest absolute Gasteiger partial charge is 0.378 e. The van der Waals surface area contributed by atoms with Crippen LogP contribution in [0.4, 0.5) is 19.0 Å². The number of nitrogens with one attached hydrogen (secondary N) is 1. The van der Waals surface area contributed by atoms with E-state index in [0.717, 1.165) is 12.5 Å². The molecule has 0 aromatic carbocycles. The highest BCUT2D eigenvalue weighted by Gasteiger charge is 2.41.